The molecule has 0 bridgehead atoms. The van der Waals surface area contributed by atoms with Crippen molar-refractivity contribution in [2.75, 3.05) is 26.2 Å². The van der Waals surface area contributed by atoms with Crippen LogP contribution in [0.4, 0.5) is 18.9 Å². The number of piperazine rings is 1. The number of nitro groups is 1. The Hall–Kier alpha value is -2.20. The van der Waals surface area contributed by atoms with Gasteiger partial charge in [-0.25, -0.2) is 4.79 Å². The van der Waals surface area contributed by atoms with Crippen LogP contribution in [0.2, 0.25) is 0 Å². The third-order valence-electron chi connectivity index (χ3n) is 3.03. The Bertz CT molecular complexity index is 546. The summed E-state index contributed by atoms with van der Waals surface area (Å²) in [6.45, 7) is 4.48. The lowest BCUT2D eigenvalue weighted by Gasteiger charge is -2.26. The van der Waals surface area contributed by atoms with E-state index in [9.17, 15) is 23.3 Å². The van der Waals surface area contributed by atoms with E-state index in [-0.39, 0.29) is 10.6 Å². The molecule has 1 fully saturated rings. The molecule has 0 radical (unpaired) electrons. The average molecular weight is 335 g/mol. The molecule has 0 spiro atoms. The molecule has 0 aliphatic carbocycles. The molecule has 1 aliphatic heterocycles. The van der Waals surface area contributed by atoms with Crippen LogP contribution in [0, 0.1) is 10.1 Å². The fourth-order valence-corrected chi connectivity index (χ4v) is 1.93. The summed E-state index contributed by atoms with van der Waals surface area (Å²) in [6.07, 6.45) is -5.08. The maximum absolute atomic E-state index is 10.8. The monoisotopic (exact) mass is 335 g/mol. The molecule has 1 heterocycles. The highest BCUT2D eigenvalue weighted by Gasteiger charge is 2.38. The second-order valence-electron chi connectivity index (χ2n) is 4.71. The van der Waals surface area contributed by atoms with E-state index in [1.165, 1.54) is 0 Å². The standard InChI is InChI=1S/C11H15N3O2.C2HF3O2/c15-14(16)11-4-2-1-3-10(11)9-13-7-5-12-6-8-13;3-2(4,5)1(6)7/h1-4,12H,5-9H2;(H,6,7). The first-order chi connectivity index (χ1) is 10.7. The first-order valence-corrected chi connectivity index (χ1v) is 6.67. The topological polar surface area (TPSA) is 95.7 Å². The molecule has 0 amide bonds. The minimum absolute atomic E-state index is 0.223. The molecule has 10 heteroatoms. The number of nitro benzene ring substituents is 1. The highest BCUT2D eigenvalue weighted by molar-refractivity contribution is 5.73. The lowest BCUT2D eigenvalue weighted by molar-refractivity contribution is -0.385. The Morgan fingerprint density at radius 3 is 2.30 bits per heavy atom. The van der Waals surface area contributed by atoms with E-state index >= 15 is 0 Å². The van der Waals surface area contributed by atoms with E-state index < -0.39 is 12.1 Å². The van der Waals surface area contributed by atoms with Crippen LogP contribution in [0.1, 0.15) is 5.56 Å². The molecular formula is C13H16F3N3O4. The van der Waals surface area contributed by atoms with Gasteiger partial charge in [-0.2, -0.15) is 13.2 Å². The van der Waals surface area contributed by atoms with Crippen molar-refractivity contribution in [3.63, 3.8) is 0 Å². The minimum atomic E-state index is -5.08. The maximum Gasteiger partial charge on any atom is 0.490 e. The minimum Gasteiger partial charge on any atom is -0.475 e. The van der Waals surface area contributed by atoms with Crippen LogP contribution >= 0.6 is 0 Å². The predicted molar refractivity (Wildman–Crippen MR) is 74.9 cm³/mol. The van der Waals surface area contributed by atoms with Gasteiger partial charge < -0.3 is 10.4 Å². The molecule has 1 saturated heterocycles. The molecule has 0 saturated carbocycles. The van der Waals surface area contributed by atoms with E-state index in [4.69, 9.17) is 9.90 Å². The molecule has 7 nitrogen and oxygen atoms in total. The van der Waals surface area contributed by atoms with E-state index in [1.54, 1.807) is 12.1 Å². The van der Waals surface area contributed by atoms with Crippen LogP contribution in [0.15, 0.2) is 24.3 Å². The molecule has 0 atom stereocenters. The van der Waals surface area contributed by atoms with Gasteiger partial charge in [-0.3, -0.25) is 15.0 Å². The summed E-state index contributed by atoms with van der Waals surface area (Å²) in [4.78, 5) is 21.7. The maximum atomic E-state index is 10.8. The number of aliphatic carboxylic acids is 1. The summed E-state index contributed by atoms with van der Waals surface area (Å²) in [7, 11) is 0. The van der Waals surface area contributed by atoms with Gasteiger partial charge in [0.2, 0.25) is 0 Å². The Kier molecular flexibility index (Phi) is 6.91. The Morgan fingerprint density at radius 1 is 1.30 bits per heavy atom. The van der Waals surface area contributed by atoms with Crippen LogP contribution in [-0.2, 0) is 11.3 Å². The summed E-state index contributed by atoms with van der Waals surface area (Å²) in [5.74, 6) is -2.76. The number of rotatable bonds is 3. The summed E-state index contributed by atoms with van der Waals surface area (Å²) in [5, 5.41) is 21.2. The van der Waals surface area contributed by atoms with Crippen molar-refractivity contribution in [3.8, 4) is 0 Å². The van der Waals surface area contributed by atoms with Crippen LogP contribution < -0.4 is 5.32 Å². The van der Waals surface area contributed by atoms with E-state index in [0.717, 1.165) is 31.7 Å². The largest absolute Gasteiger partial charge is 0.490 e. The first kappa shape index (κ1) is 18.8. The molecule has 0 unspecified atom stereocenters. The second kappa shape index (κ2) is 8.44. The lowest BCUT2D eigenvalue weighted by Crippen LogP contribution is -2.42. The van der Waals surface area contributed by atoms with Gasteiger partial charge in [-0.05, 0) is 0 Å². The Balaban J connectivity index is 0.000000322. The second-order valence-corrected chi connectivity index (χ2v) is 4.71. The number of carboxylic acid groups (broad SMARTS) is 1. The number of halogens is 3. The number of alkyl halides is 3. The van der Waals surface area contributed by atoms with E-state index in [1.807, 2.05) is 12.1 Å². The van der Waals surface area contributed by atoms with Crippen molar-refractivity contribution in [1.29, 1.82) is 0 Å². The molecule has 1 aromatic carbocycles. The van der Waals surface area contributed by atoms with Crippen molar-refractivity contribution < 1.29 is 28.0 Å². The number of benzene rings is 1. The molecule has 128 valence electrons. The van der Waals surface area contributed by atoms with Crippen LogP contribution in [0.3, 0.4) is 0 Å². The number of nitrogens with zero attached hydrogens (tertiary/aromatic N) is 2. The van der Waals surface area contributed by atoms with Gasteiger partial charge in [0.05, 0.1) is 4.92 Å². The number of para-hydroxylation sites is 1. The number of hydrogen-bond donors (Lipinski definition) is 2. The summed E-state index contributed by atoms with van der Waals surface area (Å²) in [5.41, 5.74) is 1.02. The molecule has 2 N–H and O–H groups in total. The Labute approximate surface area is 129 Å². The van der Waals surface area contributed by atoms with Gasteiger partial charge in [0.25, 0.3) is 5.69 Å². The highest BCUT2D eigenvalue weighted by Crippen LogP contribution is 2.19. The Morgan fingerprint density at radius 2 is 1.83 bits per heavy atom. The number of nitrogens with one attached hydrogen (secondary N) is 1. The normalized spacial score (nSPS) is 15.4. The van der Waals surface area contributed by atoms with E-state index in [2.05, 4.69) is 10.2 Å². The van der Waals surface area contributed by atoms with Crippen molar-refractivity contribution >= 4 is 11.7 Å². The zero-order valence-electron chi connectivity index (χ0n) is 12.0. The number of carbonyl (C=O) groups is 1. The van der Waals surface area contributed by atoms with Crippen molar-refractivity contribution in [3.05, 3.63) is 39.9 Å². The molecule has 23 heavy (non-hydrogen) atoms. The van der Waals surface area contributed by atoms with Gasteiger partial charge in [0, 0.05) is 44.4 Å². The van der Waals surface area contributed by atoms with Crippen LogP contribution in [0.5, 0.6) is 0 Å². The van der Waals surface area contributed by atoms with Crippen LogP contribution in [0.25, 0.3) is 0 Å². The lowest BCUT2D eigenvalue weighted by atomic mass is 10.1. The summed E-state index contributed by atoms with van der Waals surface area (Å²) < 4.78 is 31.7. The molecule has 2 rings (SSSR count). The third kappa shape index (κ3) is 6.61. The van der Waals surface area contributed by atoms with Gasteiger partial charge in [-0.15, -0.1) is 0 Å². The zero-order valence-corrected chi connectivity index (χ0v) is 12.0. The molecule has 1 aliphatic rings. The van der Waals surface area contributed by atoms with Gasteiger partial charge in [0.1, 0.15) is 0 Å². The predicted octanol–water partition coefficient (Wildman–Crippen LogP) is 1.63. The summed E-state index contributed by atoms with van der Waals surface area (Å²) >= 11 is 0. The fourth-order valence-electron chi connectivity index (χ4n) is 1.93. The number of hydrogen-bond acceptors (Lipinski definition) is 5. The first-order valence-electron chi connectivity index (χ1n) is 6.67. The van der Waals surface area contributed by atoms with Gasteiger partial charge >= 0.3 is 12.1 Å². The quantitative estimate of drug-likeness (QED) is 0.644. The number of carboxylic acids is 1. The van der Waals surface area contributed by atoms with Gasteiger partial charge in [-0.1, -0.05) is 18.2 Å². The van der Waals surface area contributed by atoms with Crippen molar-refractivity contribution in [2.24, 2.45) is 0 Å². The molecule has 0 aromatic heterocycles. The van der Waals surface area contributed by atoms with Crippen molar-refractivity contribution in [2.45, 2.75) is 12.7 Å². The van der Waals surface area contributed by atoms with Gasteiger partial charge in [0.15, 0.2) is 0 Å². The SMILES string of the molecule is O=C(O)C(F)(F)F.O=[N+]([O-])c1ccccc1CN1CCNCC1. The molecular weight excluding hydrogens is 319 g/mol. The summed E-state index contributed by atoms with van der Waals surface area (Å²) in [6, 6.07) is 6.96. The smallest absolute Gasteiger partial charge is 0.475 e. The zero-order chi connectivity index (χ0) is 17.5. The molecule has 1 aromatic rings. The van der Waals surface area contributed by atoms with E-state index in [0.29, 0.717) is 6.54 Å². The van der Waals surface area contributed by atoms with Crippen molar-refractivity contribution in [1.82, 2.24) is 10.2 Å². The third-order valence-corrected chi connectivity index (χ3v) is 3.03. The van der Waals surface area contributed by atoms with Crippen LogP contribution in [-0.4, -0.2) is 53.3 Å². The highest BCUT2D eigenvalue weighted by atomic mass is 19.4. The fraction of sp³-hybridized carbons (Fsp3) is 0.462. The average Bonchev–Trinajstić information content (AvgIpc) is 2.48.